The van der Waals surface area contributed by atoms with Gasteiger partial charge >= 0.3 is 12.1 Å². The zero-order valence-corrected chi connectivity index (χ0v) is 14.8. The summed E-state index contributed by atoms with van der Waals surface area (Å²) in [7, 11) is 1.30. The van der Waals surface area contributed by atoms with E-state index in [0.29, 0.717) is 12.1 Å². The van der Waals surface area contributed by atoms with E-state index in [9.17, 15) is 9.59 Å². The van der Waals surface area contributed by atoms with E-state index in [4.69, 9.17) is 9.47 Å². The summed E-state index contributed by atoms with van der Waals surface area (Å²) in [5.41, 5.74) is 2.70. The fourth-order valence-corrected chi connectivity index (χ4v) is 3.37. The molecule has 0 saturated carbocycles. The van der Waals surface area contributed by atoms with E-state index in [0.717, 1.165) is 24.6 Å². The number of benzene rings is 2. The topological polar surface area (TPSA) is 80.2 Å². The molecule has 2 aliphatic rings. The lowest BCUT2D eigenvalue weighted by Crippen LogP contribution is -2.34. The van der Waals surface area contributed by atoms with E-state index < -0.39 is 18.2 Å². The molecule has 0 radical (unpaired) electrons. The molecule has 0 aliphatic carbocycles. The molecule has 2 heterocycles. The highest BCUT2D eigenvalue weighted by Gasteiger charge is 2.35. The van der Waals surface area contributed by atoms with Gasteiger partial charge in [0, 0.05) is 19.5 Å². The minimum atomic E-state index is -0.625. The first-order valence-corrected chi connectivity index (χ1v) is 8.72. The highest BCUT2D eigenvalue weighted by molar-refractivity contribution is 6.00. The lowest BCUT2D eigenvalue weighted by atomic mass is 10.1. The van der Waals surface area contributed by atoms with Crippen LogP contribution in [0.5, 0.6) is 0 Å². The molecular weight excluding hydrogens is 346 g/mol. The molecule has 7 nitrogen and oxygen atoms in total. The molecule has 1 atom stereocenters. The molecule has 27 heavy (non-hydrogen) atoms. The predicted octanol–water partition coefficient (Wildman–Crippen LogP) is 3.34. The Balaban J connectivity index is 1.48. The standard InChI is InChI=1S/C20H19N3O4/c1-26-19(24)14-7-3-5-9-16(14)22-20(25)27-17-10-11-23-12-13-6-2-4-8-15(13)21-18(17)23/h2-9,17H,10-12H2,1H3,(H,22,25)/t17-/m0/s1. The van der Waals surface area contributed by atoms with Crippen LogP contribution in [0, 0.1) is 0 Å². The Labute approximate surface area is 156 Å². The number of carbonyl (C=O) groups excluding carboxylic acids is 2. The number of nitrogens with one attached hydrogen (secondary N) is 1. The second-order valence-corrected chi connectivity index (χ2v) is 6.37. The molecule has 2 aromatic rings. The number of methoxy groups -OCH3 is 1. The van der Waals surface area contributed by atoms with Crippen molar-refractivity contribution in [2.75, 3.05) is 19.0 Å². The first-order chi connectivity index (χ1) is 13.2. The number of rotatable bonds is 3. The van der Waals surface area contributed by atoms with Gasteiger partial charge in [0.15, 0.2) is 6.10 Å². The number of nitrogens with zero attached hydrogens (tertiary/aromatic N) is 2. The Hall–Kier alpha value is -3.35. The molecule has 0 unspecified atom stereocenters. The number of carbonyl (C=O) groups is 2. The zero-order chi connectivity index (χ0) is 18.8. The Bertz CT molecular complexity index is 925. The van der Waals surface area contributed by atoms with E-state index in [1.807, 2.05) is 18.2 Å². The van der Waals surface area contributed by atoms with Crippen molar-refractivity contribution in [1.82, 2.24) is 4.90 Å². The van der Waals surface area contributed by atoms with Gasteiger partial charge in [-0.25, -0.2) is 14.6 Å². The molecule has 7 heteroatoms. The molecule has 138 valence electrons. The number of hydrogen-bond acceptors (Lipinski definition) is 6. The van der Waals surface area contributed by atoms with Gasteiger partial charge in [0.25, 0.3) is 0 Å². The van der Waals surface area contributed by atoms with Gasteiger partial charge in [-0.15, -0.1) is 0 Å². The first kappa shape index (κ1) is 17.1. The van der Waals surface area contributed by atoms with Crippen molar-refractivity contribution in [2.24, 2.45) is 4.99 Å². The third kappa shape index (κ3) is 3.36. The summed E-state index contributed by atoms with van der Waals surface area (Å²) >= 11 is 0. The highest BCUT2D eigenvalue weighted by atomic mass is 16.6. The Kier molecular flexibility index (Phi) is 4.50. The summed E-state index contributed by atoms with van der Waals surface area (Å²) in [4.78, 5) is 31.0. The van der Waals surface area contributed by atoms with Crippen molar-refractivity contribution in [1.29, 1.82) is 0 Å². The zero-order valence-electron chi connectivity index (χ0n) is 14.8. The third-order valence-corrected chi connectivity index (χ3v) is 4.68. The van der Waals surface area contributed by atoms with E-state index in [-0.39, 0.29) is 5.56 Å². The first-order valence-electron chi connectivity index (χ1n) is 8.72. The van der Waals surface area contributed by atoms with Gasteiger partial charge in [-0.2, -0.15) is 0 Å². The Morgan fingerprint density at radius 3 is 2.78 bits per heavy atom. The summed E-state index contributed by atoms with van der Waals surface area (Å²) in [6.45, 7) is 1.55. The largest absolute Gasteiger partial charge is 0.465 e. The summed E-state index contributed by atoms with van der Waals surface area (Å²) in [5.74, 6) is 0.247. The van der Waals surface area contributed by atoms with Crippen LogP contribution in [0.15, 0.2) is 53.5 Å². The maximum Gasteiger partial charge on any atom is 0.412 e. The predicted molar refractivity (Wildman–Crippen MR) is 100 cm³/mol. The normalized spacial score (nSPS) is 17.4. The van der Waals surface area contributed by atoms with Crippen molar-refractivity contribution >= 4 is 29.3 Å². The summed E-state index contributed by atoms with van der Waals surface area (Å²) < 4.78 is 10.3. The van der Waals surface area contributed by atoms with E-state index >= 15 is 0 Å². The van der Waals surface area contributed by atoms with Crippen LogP contribution in [0.1, 0.15) is 22.3 Å². The van der Waals surface area contributed by atoms with E-state index in [1.54, 1.807) is 24.3 Å². The van der Waals surface area contributed by atoms with Crippen LogP contribution in [-0.2, 0) is 16.0 Å². The number of hydrogen-bond donors (Lipinski definition) is 1. The van der Waals surface area contributed by atoms with E-state index in [2.05, 4.69) is 21.3 Å². The molecule has 1 N–H and O–H groups in total. The van der Waals surface area contributed by atoms with E-state index in [1.165, 1.54) is 12.7 Å². The van der Waals surface area contributed by atoms with Crippen molar-refractivity contribution < 1.29 is 19.1 Å². The number of aliphatic imine (C=N–C) groups is 1. The average Bonchev–Trinajstić information content (AvgIpc) is 3.07. The second kappa shape index (κ2) is 7.11. The van der Waals surface area contributed by atoms with Gasteiger partial charge in [0.05, 0.1) is 24.0 Å². The van der Waals surface area contributed by atoms with Crippen LogP contribution in [0.2, 0.25) is 0 Å². The molecule has 1 fully saturated rings. The van der Waals surface area contributed by atoms with Crippen LogP contribution in [-0.4, -0.2) is 42.6 Å². The van der Waals surface area contributed by atoms with Gasteiger partial charge in [0.2, 0.25) is 0 Å². The molecule has 0 aromatic heterocycles. The van der Waals surface area contributed by atoms with Crippen LogP contribution in [0.25, 0.3) is 0 Å². The minimum absolute atomic E-state index is 0.272. The molecule has 2 aromatic carbocycles. The van der Waals surface area contributed by atoms with Crippen LogP contribution in [0.4, 0.5) is 16.2 Å². The number of para-hydroxylation sites is 2. The second-order valence-electron chi connectivity index (χ2n) is 6.37. The Morgan fingerprint density at radius 1 is 1.15 bits per heavy atom. The quantitative estimate of drug-likeness (QED) is 0.844. The SMILES string of the molecule is COC(=O)c1ccccc1NC(=O)O[C@H]1CCN2Cc3ccccc3N=C12. The van der Waals surface area contributed by atoms with Gasteiger partial charge in [-0.05, 0) is 23.8 Å². The minimum Gasteiger partial charge on any atom is -0.465 e. The van der Waals surface area contributed by atoms with Crippen molar-refractivity contribution in [2.45, 2.75) is 19.1 Å². The van der Waals surface area contributed by atoms with Gasteiger partial charge in [0.1, 0.15) is 5.84 Å². The monoisotopic (exact) mass is 365 g/mol. The molecule has 0 spiro atoms. The number of amides is 1. The number of anilines is 1. The molecule has 1 amide bonds. The Morgan fingerprint density at radius 2 is 1.93 bits per heavy atom. The van der Waals surface area contributed by atoms with Gasteiger partial charge in [-0.3, -0.25) is 5.32 Å². The van der Waals surface area contributed by atoms with Gasteiger partial charge < -0.3 is 14.4 Å². The summed E-state index contributed by atoms with van der Waals surface area (Å²) in [5, 5.41) is 2.63. The van der Waals surface area contributed by atoms with Crippen LogP contribution < -0.4 is 5.32 Å². The summed E-state index contributed by atoms with van der Waals surface area (Å²) in [6.07, 6.45) is -0.359. The van der Waals surface area contributed by atoms with Gasteiger partial charge in [-0.1, -0.05) is 30.3 Å². The molecule has 4 rings (SSSR count). The smallest absolute Gasteiger partial charge is 0.412 e. The number of amidine groups is 1. The van der Waals surface area contributed by atoms with Crippen molar-refractivity contribution in [3.8, 4) is 0 Å². The number of esters is 1. The fourth-order valence-electron chi connectivity index (χ4n) is 3.37. The van der Waals surface area contributed by atoms with Crippen LogP contribution >= 0.6 is 0 Å². The molecule has 1 saturated heterocycles. The number of fused-ring (bicyclic) bond motifs is 2. The van der Waals surface area contributed by atoms with Crippen molar-refractivity contribution in [3.63, 3.8) is 0 Å². The number of ether oxygens (including phenoxy) is 2. The highest BCUT2D eigenvalue weighted by Crippen LogP contribution is 2.31. The lowest BCUT2D eigenvalue weighted by Gasteiger charge is -2.26. The summed E-state index contributed by atoms with van der Waals surface area (Å²) in [6, 6.07) is 14.6. The lowest BCUT2D eigenvalue weighted by molar-refractivity contribution is 0.0602. The molecule has 0 bridgehead atoms. The average molecular weight is 365 g/mol. The van der Waals surface area contributed by atoms with Crippen molar-refractivity contribution in [3.05, 3.63) is 59.7 Å². The molecular formula is C20H19N3O4. The van der Waals surface area contributed by atoms with Crippen LogP contribution in [0.3, 0.4) is 0 Å². The third-order valence-electron chi connectivity index (χ3n) is 4.68. The fraction of sp³-hybridized carbons (Fsp3) is 0.250. The molecule has 2 aliphatic heterocycles. The maximum atomic E-state index is 12.4. The maximum absolute atomic E-state index is 12.4.